The molecule has 2 aliphatic heterocycles. The van der Waals surface area contributed by atoms with E-state index in [9.17, 15) is 24.3 Å². The molecule has 28 heavy (non-hydrogen) atoms. The SMILES string of the molecule is NC(=O)C1CC2(CNC(O)[N+]2([O-])C(=O)c2cccnc2)c2cc(F)ccc2O1. The Labute approximate surface area is 158 Å². The number of fused-ring (bicyclic) bond motifs is 2. The number of pyridine rings is 1. The van der Waals surface area contributed by atoms with Crippen molar-refractivity contribution in [1.29, 1.82) is 0 Å². The molecule has 4 N–H and O–H groups in total. The molecular formula is C18H17FN4O5. The third-order valence-electron chi connectivity index (χ3n) is 5.32. The zero-order valence-corrected chi connectivity index (χ0v) is 14.5. The van der Waals surface area contributed by atoms with E-state index < -0.39 is 40.3 Å². The number of nitrogens with two attached hydrogens (primary N) is 1. The lowest BCUT2D eigenvalue weighted by Gasteiger charge is -2.52. The number of ether oxygens (including phenoxy) is 1. The summed E-state index contributed by atoms with van der Waals surface area (Å²) in [4.78, 5) is 28.9. The van der Waals surface area contributed by atoms with Gasteiger partial charge in [0.1, 0.15) is 11.6 Å². The van der Waals surface area contributed by atoms with E-state index in [4.69, 9.17) is 10.5 Å². The van der Waals surface area contributed by atoms with Crippen LogP contribution in [-0.4, -0.2) is 45.6 Å². The molecule has 1 saturated heterocycles. The van der Waals surface area contributed by atoms with Gasteiger partial charge in [-0.2, -0.15) is 0 Å². The molecule has 1 aromatic heterocycles. The number of quaternary nitrogens is 1. The fourth-order valence-corrected chi connectivity index (χ4v) is 3.95. The molecule has 10 heteroatoms. The molecule has 2 aromatic rings. The van der Waals surface area contributed by atoms with Crippen LogP contribution in [0.5, 0.6) is 5.75 Å². The summed E-state index contributed by atoms with van der Waals surface area (Å²) in [5.41, 5.74) is 3.73. The highest BCUT2D eigenvalue weighted by molar-refractivity contribution is 5.89. The first-order valence-corrected chi connectivity index (χ1v) is 8.52. The van der Waals surface area contributed by atoms with Gasteiger partial charge in [0, 0.05) is 12.4 Å². The van der Waals surface area contributed by atoms with Gasteiger partial charge >= 0.3 is 5.91 Å². The number of primary amides is 1. The Balaban J connectivity index is 1.94. The number of hydroxylamine groups is 3. The Bertz CT molecular complexity index is 958. The van der Waals surface area contributed by atoms with Crippen molar-refractivity contribution >= 4 is 11.8 Å². The van der Waals surface area contributed by atoms with Gasteiger partial charge in [-0.3, -0.25) is 9.78 Å². The molecule has 4 rings (SSSR count). The number of nitrogens with one attached hydrogen (secondary N) is 1. The van der Waals surface area contributed by atoms with Gasteiger partial charge in [0.15, 0.2) is 11.6 Å². The molecule has 9 nitrogen and oxygen atoms in total. The molecule has 0 aliphatic carbocycles. The predicted molar refractivity (Wildman–Crippen MR) is 92.5 cm³/mol. The molecule has 3 heterocycles. The number of carbonyl (C=O) groups is 2. The molecule has 0 bridgehead atoms. The summed E-state index contributed by atoms with van der Waals surface area (Å²) in [6.07, 6.45) is -0.731. The van der Waals surface area contributed by atoms with Crippen molar-refractivity contribution in [3.8, 4) is 5.75 Å². The van der Waals surface area contributed by atoms with Gasteiger partial charge in [-0.15, -0.1) is 0 Å². The highest BCUT2D eigenvalue weighted by Gasteiger charge is 2.64. The molecule has 1 aromatic carbocycles. The molecule has 0 saturated carbocycles. The number of rotatable bonds is 2. The Morgan fingerprint density at radius 1 is 1.43 bits per heavy atom. The number of hydrogen-bond donors (Lipinski definition) is 3. The van der Waals surface area contributed by atoms with Crippen molar-refractivity contribution < 1.29 is 28.5 Å². The summed E-state index contributed by atoms with van der Waals surface area (Å²) < 4.78 is 17.8. The van der Waals surface area contributed by atoms with E-state index in [2.05, 4.69) is 10.3 Å². The smallest absolute Gasteiger partial charge is 0.351 e. The van der Waals surface area contributed by atoms with Gasteiger partial charge < -0.3 is 20.8 Å². The predicted octanol–water partition coefficient (Wildman–Crippen LogP) is 0.0865. The molecular weight excluding hydrogens is 371 g/mol. The number of nitrogens with zero attached hydrogens (tertiary/aromatic N) is 2. The van der Waals surface area contributed by atoms with Gasteiger partial charge in [0.2, 0.25) is 0 Å². The second-order valence-electron chi connectivity index (χ2n) is 6.84. The topological polar surface area (TPSA) is 138 Å². The van der Waals surface area contributed by atoms with Crippen molar-refractivity contribution in [2.75, 3.05) is 6.54 Å². The summed E-state index contributed by atoms with van der Waals surface area (Å²) in [5, 5.41) is 27.1. The number of aliphatic hydroxyl groups excluding tert-OH is 1. The number of benzene rings is 1. The Hall–Kier alpha value is -2.92. The lowest BCUT2D eigenvalue weighted by Crippen LogP contribution is -2.66. The van der Waals surface area contributed by atoms with Crippen molar-refractivity contribution in [2.45, 2.75) is 24.4 Å². The summed E-state index contributed by atoms with van der Waals surface area (Å²) in [7, 11) is 0. The third-order valence-corrected chi connectivity index (χ3v) is 5.32. The van der Waals surface area contributed by atoms with Gasteiger partial charge in [-0.1, -0.05) is 0 Å². The molecule has 0 radical (unpaired) electrons. The fraction of sp³-hybridized carbons (Fsp3) is 0.278. The lowest BCUT2D eigenvalue weighted by molar-refractivity contribution is -0.895. The monoisotopic (exact) mass is 388 g/mol. The molecule has 146 valence electrons. The summed E-state index contributed by atoms with van der Waals surface area (Å²) >= 11 is 0. The molecule has 1 spiro atoms. The number of amides is 2. The van der Waals surface area contributed by atoms with Gasteiger partial charge in [0.25, 0.3) is 12.3 Å². The molecule has 4 unspecified atom stereocenters. The van der Waals surface area contributed by atoms with E-state index >= 15 is 0 Å². The Kier molecular flexibility index (Phi) is 4.16. The van der Waals surface area contributed by atoms with Gasteiger partial charge in [-0.05, 0) is 30.3 Å². The van der Waals surface area contributed by atoms with Crippen LogP contribution in [-0.2, 0) is 10.3 Å². The third kappa shape index (κ3) is 2.43. The Morgan fingerprint density at radius 3 is 2.89 bits per heavy atom. The van der Waals surface area contributed by atoms with Gasteiger partial charge in [-0.25, -0.2) is 19.1 Å². The van der Waals surface area contributed by atoms with E-state index in [0.29, 0.717) is 0 Å². The number of carbonyl (C=O) groups excluding carboxylic acids is 2. The number of halogens is 1. The quantitative estimate of drug-likeness (QED) is 0.489. The van der Waals surface area contributed by atoms with E-state index in [1.807, 2.05) is 0 Å². The normalized spacial score (nSPS) is 31.2. The van der Waals surface area contributed by atoms with E-state index in [1.54, 1.807) is 0 Å². The number of aromatic nitrogens is 1. The minimum absolute atomic E-state index is 0.0281. The Morgan fingerprint density at radius 2 is 2.21 bits per heavy atom. The highest BCUT2D eigenvalue weighted by atomic mass is 19.1. The maximum Gasteiger partial charge on any atom is 0.351 e. The molecule has 4 atom stereocenters. The first-order valence-electron chi connectivity index (χ1n) is 8.52. The zero-order chi connectivity index (χ0) is 20.1. The second kappa shape index (κ2) is 6.31. The largest absolute Gasteiger partial charge is 0.621 e. The van der Waals surface area contributed by atoms with Gasteiger partial charge in [0.05, 0.1) is 24.1 Å². The van der Waals surface area contributed by atoms with Crippen LogP contribution in [0.1, 0.15) is 22.3 Å². The van der Waals surface area contributed by atoms with Crippen LogP contribution in [0.15, 0.2) is 42.7 Å². The summed E-state index contributed by atoms with van der Waals surface area (Å²) in [6, 6.07) is 6.32. The first-order chi connectivity index (χ1) is 13.3. The van der Waals surface area contributed by atoms with E-state index in [1.165, 1.54) is 30.6 Å². The second-order valence-corrected chi connectivity index (χ2v) is 6.84. The molecule has 1 fully saturated rings. The van der Waals surface area contributed by atoms with Crippen molar-refractivity contribution in [3.05, 3.63) is 64.9 Å². The lowest BCUT2D eigenvalue weighted by atomic mass is 9.80. The standard InChI is InChI=1S/C18H17FN4O5/c19-11-3-4-13-12(6-11)18(7-14(28-13)15(20)24)9-22-17(26)23(18,27)16(25)10-2-1-5-21-8-10/h1-6,8,14,17,22,26H,7,9H2,(H2,20,24). The average molecular weight is 388 g/mol. The van der Waals surface area contributed by atoms with Crippen LogP contribution in [0.4, 0.5) is 4.39 Å². The van der Waals surface area contributed by atoms with Crippen LogP contribution >= 0.6 is 0 Å². The van der Waals surface area contributed by atoms with E-state index in [0.717, 1.165) is 12.1 Å². The number of aliphatic hydroxyl groups is 1. The van der Waals surface area contributed by atoms with Crippen molar-refractivity contribution in [1.82, 2.24) is 10.3 Å². The van der Waals surface area contributed by atoms with Crippen molar-refractivity contribution in [2.24, 2.45) is 5.73 Å². The molecule has 2 amide bonds. The fourth-order valence-electron chi connectivity index (χ4n) is 3.95. The van der Waals surface area contributed by atoms with Crippen LogP contribution in [0, 0.1) is 11.0 Å². The minimum Gasteiger partial charge on any atom is -0.621 e. The van der Waals surface area contributed by atoms with Crippen LogP contribution in [0.2, 0.25) is 0 Å². The zero-order valence-electron chi connectivity index (χ0n) is 14.5. The molecule has 2 aliphatic rings. The highest BCUT2D eigenvalue weighted by Crippen LogP contribution is 2.51. The number of hydrogen-bond acceptors (Lipinski definition) is 7. The van der Waals surface area contributed by atoms with Crippen LogP contribution in [0.25, 0.3) is 0 Å². The maximum absolute atomic E-state index is 14.0. The minimum atomic E-state index is -1.84. The van der Waals surface area contributed by atoms with Crippen molar-refractivity contribution in [3.63, 3.8) is 0 Å². The first kappa shape index (κ1) is 18.4. The van der Waals surface area contributed by atoms with Crippen LogP contribution < -0.4 is 15.8 Å². The summed E-state index contributed by atoms with van der Waals surface area (Å²) in [5.74, 6) is -2.41. The average Bonchev–Trinajstić information content (AvgIpc) is 2.95. The van der Waals surface area contributed by atoms with E-state index in [-0.39, 0.29) is 29.8 Å². The maximum atomic E-state index is 14.0. The summed E-state index contributed by atoms with van der Waals surface area (Å²) in [6.45, 7) is -0.187. The van der Waals surface area contributed by atoms with Crippen LogP contribution in [0.3, 0.4) is 0 Å².